The van der Waals surface area contributed by atoms with E-state index >= 15 is 0 Å². The molecule has 1 amide bonds. The molecule has 1 saturated heterocycles. The van der Waals surface area contributed by atoms with Gasteiger partial charge in [0.05, 0.1) is 10.0 Å². The lowest BCUT2D eigenvalue weighted by atomic mass is 9.80. The molecule has 2 rings (SSSR count). The molecular formula is C13H13Cl2NO3. The third-order valence-electron chi connectivity index (χ3n) is 3.60. The molecule has 0 aliphatic carbocycles. The first-order valence-corrected chi connectivity index (χ1v) is 6.57. The van der Waals surface area contributed by atoms with Gasteiger partial charge in [0.25, 0.3) is 0 Å². The van der Waals surface area contributed by atoms with Gasteiger partial charge in [-0.15, -0.1) is 0 Å². The molecule has 1 aliphatic heterocycles. The van der Waals surface area contributed by atoms with E-state index in [2.05, 4.69) is 0 Å². The highest BCUT2D eigenvalue weighted by molar-refractivity contribution is 6.42. The van der Waals surface area contributed by atoms with Gasteiger partial charge >= 0.3 is 5.97 Å². The van der Waals surface area contributed by atoms with Crippen molar-refractivity contribution in [3.8, 4) is 0 Å². The van der Waals surface area contributed by atoms with Crippen LogP contribution in [0.3, 0.4) is 0 Å². The monoisotopic (exact) mass is 301 g/mol. The highest BCUT2D eigenvalue weighted by Crippen LogP contribution is 2.37. The average molecular weight is 302 g/mol. The van der Waals surface area contributed by atoms with E-state index in [0.717, 1.165) is 0 Å². The van der Waals surface area contributed by atoms with Crippen molar-refractivity contribution in [1.82, 2.24) is 4.90 Å². The number of carbonyl (C=O) groups is 2. The van der Waals surface area contributed by atoms with Crippen LogP contribution in [0.25, 0.3) is 0 Å². The molecule has 0 bridgehead atoms. The van der Waals surface area contributed by atoms with Gasteiger partial charge in [0, 0.05) is 20.0 Å². The molecule has 0 saturated carbocycles. The molecule has 1 aromatic carbocycles. The Morgan fingerprint density at radius 1 is 1.32 bits per heavy atom. The Kier molecular flexibility index (Phi) is 3.74. The molecule has 1 fully saturated rings. The van der Waals surface area contributed by atoms with Crippen LogP contribution in [0.4, 0.5) is 0 Å². The molecule has 1 N–H and O–H groups in total. The number of nitrogens with zero attached hydrogens (tertiary/aromatic N) is 1. The Morgan fingerprint density at radius 3 is 2.47 bits per heavy atom. The number of carbonyl (C=O) groups excluding carboxylic acids is 1. The molecular weight excluding hydrogens is 289 g/mol. The molecule has 1 heterocycles. The smallest absolute Gasteiger partial charge is 0.316 e. The second kappa shape index (κ2) is 5.02. The van der Waals surface area contributed by atoms with E-state index in [4.69, 9.17) is 23.2 Å². The zero-order valence-corrected chi connectivity index (χ0v) is 11.8. The summed E-state index contributed by atoms with van der Waals surface area (Å²) >= 11 is 11.8. The van der Waals surface area contributed by atoms with Crippen LogP contribution in [0, 0.1) is 0 Å². The highest BCUT2D eigenvalue weighted by atomic mass is 35.5. The van der Waals surface area contributed by atoms with Crippen LogP contribution in [0.1, 0.15) is 18.9 Å². The molecule has 19 heavy (non-hydrogen) atoms. The number of hydrogen-bond donors (Lipinski definition) is 1. The number of aliphatic carboxylic acids is 1. The van der Waals surface area contributed by atoms with Gasteiger partial charge in [-0.1, -0.05) is 29.3 Å². The molecule has 1 aliphatic rings. The van der Waals surface area contributed by atoms with Crippen molar-refractivity contribution < 1.29 is 14.7 Å². The normalized spacial score (nSPS) is 22.6. The average Bonchev–Trinajstić information content (AvgIpc) is 2.79. The van der Waals surface area contributed by atoms with E-state index in [1.807, 2.05) is 0 Å². The third kappa shape index (κ3) is 2.42. The van der Waals surface area contributed by atoms with E-state index in [1.165, 1.54) is 11.8 Å². The Balaban J connectivity index is 2.44. The number of carboxylic acid groups (broad SMARTS) is 1. The molecule has 0 radical (unpaired) electrons. The van der Waals surface area contributed by atoms with Gasteiger partial charge in [0.2, 0.25) is 5.91 Å². The Hall–Kier alpha value is -1.26. The Bertz CT molecular complexity index is 547. The minimum atomic E-state index is -1.10. The zero-order chi connectivity index (χ0) is 14.2. The van der Waals surface area contributed by atoms with Gasteiger partial charge in [0.15, 0.2) is 0 Å². The van der Waals surface area contributed by atoms with Crippen molar-refractivity contribution in [2.45, 2.75) is 18.8 Å². The van der Waals surface area contributed by atoms with Gasteiger partial charge in [0.1, 0.15) is 5.41 Å². The Labute approximate surface area is 120 Å². The molecule has 1 unspecified atom stereocenters. The maximum atomic E-state index is 11.7. The lowest BCUT2D eigenvalue weighted by Gasteiger charge is -2.25. The van der Waals surface area contributed by atoms with Crippen molar-refractivity contribution in [3.05, 3.63) is 33.8 Å². The minimum Gasteiger partial charge on any atom is -0.481 e. The number of likely N-dealkylation sites (tertiary alicyclic amines) is 1. The van der Waals surface area contributed by atoms with E-state index in [1.54, 1.807) is 18.2 Å². The molecule has 4 nitrogen and oxygen atoms in total. The van der Waals surface area contributed by atoms with E-state index in [0.29, 0.717) is 28.6 Å². The number of amides is 1. The van der Waals surface area contributed by atoms with Gasteiger partial charge in [-0.05, 0) is 24.1 Å². The van der Waals surface area contributed by atoms with Gasteiger partial charge in [-0.2, -0.15) is 0 Å². The minimum absolute atomic E-state index is 0.122. The summed E-state index contributed by atoms with van der Waals surface area (Å²) in [5.41, 5.74) is -0.516. The summed E-state index contributed by atoms with van der Waals surface area (Å²) in [6.45, 7) is 2.03. The highest BCUT2D eigenvalue weighted by Gasteiger charge is 2.47. The van der Waals surface area contributed by atoms with Crippen LogP contribution < -0.4 is 0 Å². The molecule has 0 aromatic heterocycles. The zero-order valence-electron chi connectivity index (χ0n) is 10.3. The topological polar surface area (TPSA) is 57.6 Å². The van der Waals surface area contributed by atoms with Crippen molar-refractivity contribution >= 4 is 35.1 Å². The molecule has 102 valence electrons. The summed E-state index contributed by atoms with van der Waals surface area (Å²) in [6.07, 6.45) is 0.375. The second-order valence-corrected chi connectivity index (χ2v) is 5.52. The molecule has 1 aromatic rings. The quantitative estimate of drug-likeness (QED) is 0.913. The fourth-order valence-electron chi connectivity index (χ4n) is 2.41. The molecule has 0 spiro atoms. The van der Waals surface area contributed by atoms with Crippen molar-refractivity contribution in [3.63, 3.8) is 0 Å². The predicted molar refractivity (Wildman–Crippen MR) is 72.6 cm³/mol. The van der Waals surface area contributed by atoms with Gasteiger partial charge in [-0.25, -0.2) is 0 Å². The first kappa shape index (κ1) is 14.2. The van der Waals surface area contributed by atoms with Gasteiger partial charge < -0.3 is 10.0 Å². The largest absolute Gasteiger partial charge is 0.481 e. The second-order valence-electron chi connectivity index (χ2n) is 4.71. The van der Waals surface area contributed by atoms with Crippen LogP contribution in [0.15, 0.2) is 18.2 Å². The lowest BCUT2D eigenvalue weighted by Crippen LogP contribution is -2.40. The SMILES string of the molecule is CC(=O)N1CCC(C(=O)O)(c2ccc(Cl)c(Cl)c2)C1. The summed E-state index contributed by atoms with van der Waals surface area (Å²) in [5.74, 6) is -1.07. The first-order chi connectivity index (χ1) is 8.86. The predicted octanol–water partition coefficient (Wildman–Crippen LogP) is 2.57. The van der Waals surface area contributed by atoms with Crippen LogP contribution in [0.2, 0.25) is 10.0 Å². The summed E-state index contributed by atoms with van der Waals surface area (Å²) in [6, 6.07) is 4.81. The fourth-order valence-corrected chi connectivity index (χ4v) is 2.70. The van der Waals surface area contributed by atoms with Crippen LogP contribution in [-0.2, 0) is 15.0 Å². The standard InChI is InChI=1S/C13H13Cl2NO3/c1-8(17)16-5-4-13(7-16,12(18)19)9-2-3-10(14)11(15)6-9/h2-3,6H,4-5,7H2,1H3,(H,18,19). The summed E-state index contributed by atoms with van der Waals surface area (Å²) in [4.78, 5) is 24.6. The Morgan fingerprint density at radius 2 is 2.00 bits per heavy atom. The summed E-state index contributed by atoms with van der Waals surface area (Å²) < 4.78 is 0. The summed E-state index contributed by atoms with van der Waals surface area (Å²) in [5, 5.41) is 10.3. The lowest BCUT2D eigenvalue weighted by molar-refractivity contribution is -0.143. The number of benzene rings is 1. The maximum Gasteiger partial charge on any atom is 0.316 e. The summed E-state index contributed by atoms with van der Waals surface area (Å²) in [7, 11) is 0. The number of rotatable bonds is 2. The van der Waals surface area contributed by atoms with E-state index in [-0.39, 0.29) is 12.5 Å². The van der Waals surface area contributed by atoms with Crippen LogP contribution in [-0.4, -0.2) is 35.0 Å². The van der Waals surface area contributed by atoms with Crippen molar-refractivity contribution in [2.75, 3.05) is 13.1 Å². The van der Waals surface area contributed by atoms with Crippen molar-refractivity contribution in [2.24, 2.45) is 0 Å². The number of halogens is 2. The van der Waals surface area contributed by atoms with E-state index in [9.17, 15) is 14.7 Å². The van der Waals surface area contributed by atoms with Gasteiger partial charge in [-0.3, -0.25) is 9.59 Å². The molecule has 6 heteroatoms. The fraction of sp³-hybridized carbons (Fsp3) is 0.385. The van der Waals surface area contributed by atoms with E-state index < -0.39 is 11.4 Å². The third-order valence-corrected chi connectivity index (χ3v) is 4.34. The van der Waals surface area contributed by atoms with Crippen molar-refractivity contribution in [1.29, 1.82) is 0 Å². The van der Waals surface area contributed by atoms with Crippen LogP contribution in [0.5, 0.6) is 0 Å². The molecule has 1 atom stereocenters. The maximum absolute atomic E-state index is 11.7. The number of carboxylic acids is 1. The number of hydrogen-bond acceptors (Lipinski definition) is 2. The van der Waals surface area contributed by atoms with Crippen LogP contribution >= 0.6 is 23.2 Å². The first-order valence-electron chi connectivity index (χ1n) is 5.81.